The fourth-order valence-electron chi connectivity index (χ4n) is 4.50. The van der Waals surface area contributed by atoms with Crippen LogP contribution in [0.4, 0.5) is 34.6 Å². The van der Waals surface area contributed by atoms with Crippen molar-refractivity contribution in [1.82, 2.24) is 5.32 Å². The highest BCUT2D eigenvalue weighted by Gasteiger charge is 2.41. The number of nitrogens with zero attached hydrogens (tertiary/aromatic N) is 1. The smallest absolute Gasteiger partial charge is 0.391 e. The second kappa shape index (κ2) is 9.31. The number of nitrogens with two attached hydrogens (primary N) is 1. The van der Waals surface area contributed by atoms with Gasteiger partial charge < -0.3 is 21.3 Å². The van der Waals surface area contributed by atoms with E-state index in [0.29, 0.717) is 48.6 Å². The maximum Gasteiger partial charge on any atom is 0.391 e. The minimum absolute atomic E-state index is 0.0203. The fraction of sp³-hybridized carbons (Fsp3) is 0.667. The second-order valence-electron chi connectivity index (χ2n) is 8.38. The normalized spacial score (nSPS) is 25.1. The summed E-state index contributed by atoms with van der Waals surface area (Å²) in [6.45, 7) is 0.815. The maximum atomic E-state index is 13.2. The zero-order chi connectivity index (χ0) is 21.9. The Morgan fingerprint density at radius 1 is 1.20 bits per heavy atom. The Kier molecular flexibility index (Phi) is 6.98. The topological polar surface area (TPSA) is 70.4 Å². The summed E-state index contributed by atoms with van der Waals surface area (Å²) < 4.78 is 51.9. The third kappa shape index (κ3) is 5.10. The van der Waals surface area contributed by atoms with Crippen LogP contribution in [-0.4, -0.2) is 44.9 Å². The van der Waals surface area contributed by atoms with Crippen LogP contribution in [0.5, 0.6) is 0 Å². The zero-order valence-electron chi connectivity index (χ0n) is 17.2. The van der Waals surface area contributed by atoms with Crippen molar-refractivity contribution in [3.63, 3.8) is 0 Å². The second-order valence-corrected chi connectivity index (χ2v) is 8.38. The fourth-order valence-corrected chi connectivity index (χ4v) is 4.50. The quantitative estimate of drug-likeness (QED) is 0.480. The Morgan fingerprint density at radius 3 is 2.50 bits per heavy atom. The summed E-state index contributed by atoms with van der Waals surface area (Å²) in [5.41, 5.74) is 8.21. The van der Waals surface area contributed by atoms with Crippen LogP contribution in [0.1, 0.15) is 48.9 Å². The van der Waals surface area contributed by atoms with Crippen LogP contribution >= 0.6 is 0 Å². The number of rotatable bonds is 5. The summed E-state index contributed by atoms with van der Waals surface area (Å²) in [7, 11) is 1.73. The number of alkyl halides is 4. The molecule has 1 saturated carbocycles. The number of hydrogen-bond acceptors (Lipinski definition) is 4. The van der Waals surface area contributed by atoms with Crippen LogP contribution in [0, 0.1) is 11.8 Å². The van der Waals surface area contributed by atoms with Gasteiger partial charge in [-0.1, -0.05) is 0 Å². The van der Waals surface area contributed by atoms with Gasteiger partial charge in [-0.25, -0.2) is 0 Å². The molecule has 1 aliphatic heterocycles. The van der Waals surface area contributed by atoms with Crippen molar-refractivity contribution < 1.29 is 22.4 Å². The van der Waals surface area contributed by atoms with Gasteiger partial charge in [0, 0.05) is 32.1 Å². The van der Waals surface area contributed by atoms with Crippen LogP contribution in [0.3, 0.4) is 0 Å². The first-order valence-electron chi connectivity index (χ1n) is 10.5. The predicted molar refractivity (Wildman–Crippen MR) is 111 cm³/mol. The first-order chi connectivity index (χ1) is 14.2. The van der Waals surface area contributed by atoms with Crippen LogP contribution in [0.25, 0.3) is 0 Å². The molecule has 0 spiro atoms. The molecule has 0 bridgehead atoms. The summed E-state index contributed by atoms with van der Waals surface area (Å²) in [5.74, 6) is -1.72. The van der Waals surface area contributed by atoms with Crippen LogP contribution < -0.4 is 21.3 Å². The van der Waals surface area contributed by atoms with Gasteiger partial charge in [-0.3, -0.25) is 9.18 Å². The molecule has 5 nitrogen and oxygen atoms in total. The van der Waals surface area contributed by atoms with Crippen molar-refractivity contribution in [2.45, 2.75) is 50.7 Å². The highest BCUT2D eigenvalue weighted by Crippen LogP contribution is 2.38. The third-order valence-corrected chi connectivity index (χ3v) is 6.29. The predicted octanol–water partition coefficient (Wildman–Crippen LogP) is 4.35. The first kappa shape index (κ1) is 22.5. The molecule has 1 aromatic carbocycles. The lowest BCUT2D eigenvalue weighted by atomic mass is 9.85. The molecule has 168 valence electrons. The van der Waals surface area contributed by atoms with E-state index in [2.05, 4.69) is 10.6 Å². The van der Waals surface area contributed by atoms with Crippen molar-refractivity contribution >= 4 is 23.0 Å². The molecule has 4 N–H and O–H groups in total. The lowest BCUT2D eigenvalue weighted by Crippen LogP contribution is -2.41. The summed E-state index contributed by atoms with van der Waals surface area (Å²) in [6.07, 6.45) is -1.91. The number of carbonyl (C=O) groups excluding carboxylic acids is 1. The molecule has 1 heterocycles. The van der Waals surface area contributed by atoms with E-state index in [0.717, 1.165) is 12.8 Å². The van der Waals surface area contributed by atoms with E-state index >= 15 is 0 Å². The molecule has 1 aliphatic carbocycles. The largest absolute Gasteiger partial charge is 0.397 e. The van der Waals surface area contributed by atoms with E-state index < -0.39 is 18.8 Å². The number of anilines is 3. The Labute approximate surface area is 174 Å². The van der Waals surface area contributed by atoms with Crippen molar-refractivity contribution in [1.29, 1.82) is 0 Å². The summed E-state index contributed by atoms with van der Waals surface area (Å²) in [6, 6.07) is 3.09. The van der Waals surface area contributed by atoms with Gasteiger partial charge in [-0.15, -0.1) is 0 Å². The zero-order valence-corrected chi connectivity index (χ0v) is 17.2. The highest BCUT2D eigenvalue weighted by atomic mass is 19.4. The van der Waals surface area contributed by atoms with Gasteiger partial charge in [0.25, 0.3) is 5.91 Å². The summed E-state index contributed by atoms with van der Waals surface area (Å²) >= 11 is 0. The molecule has 1 aromatic rings. The number of piperidine rings is 1. The van der Waals surface area contributed by atoms with Gasteiger partial charge in [-0.2, -0.15) is 13.2 Å². The molecule has 3 rings (SSSR count). The molecule has 30 heavy (non-hydrogen) atoms. The van der Waals surface area contributed by atoms with Gasteiger partial charge in [0.15, 0.2) is 0 Å². The Bertz CT molecular complexity index is 747. The van der Waals surface area contributed by atoms with Crippen molar-refractivity contribution in [2.75, 3.05) is 42.8 Å². The summed E-state index contributed by atoms with van der Waals surface area (Å²) in [4.78, 5) is 15.1. The lowest BCUT2D eigenvalue weighted by Gasteiger charge is -2.35. The van der Waals surface area contributed by atoms with Crippen molar-refractivity contribution in [3.8, 4) is 0 Å². The SMILES string of the molecule is CNc1cc(N2CCCC(CF)C2)c(C(=O)NC2CCC(C(F)(F)F)CC2)cc1N. The highest BCUT2D eigenvalue weighted by molar-refractivity contribution is 6.02. The molecule has 1 unspecified atom stereocenters. The van der Waals surface area contributed by atoms with Crippen LogP contribution in [-0.2, 0) is 0 Å². The van der Waals surface area contributed by atoms with E-state index in [4.69, 9.17) is 5.73 Å². The number of nitrogens with one attached hydrogen (secondary N) is 2. The van der Waals surface area contributed by atoms with Gasteiger partial charge in [0.05, 0.1) is 35.2 Å². The van der Waals surface area contributed by atoms with Crippen molar-refractivity contribution in [2.24, 2.45) is 11.8 Å². The minimum atomic E-state index is -4.18. The molecule has 0 aromatic heterocycles. The number of amides is 1. The van der Waals surface area contributed by atoms with Gasteiger partial charge in [-0.05, 0) is 50.7 Å². The first-order valence-corrected chi connectivity index (χ1v) is 10.5. The Morgan fingerprint density at radius 2 is 1.90 bits per heavy atom. The molecule has 2 fully saturated rings. The van der Waals surface area contributed by atoms with E-state index in [1.165, 1.54) is 0 Å². The van der Waals surface area contributed by atoms with Gasteiger partial charge >= 0.3 is 6.18 Å². The number of halogens is 4. The van der Waals surface area contributed by atoms with Gasteiger partial charge in [0.1, 0.15) is 0 Å². The molecule has 1 saturated heterocycles. The standard InChI is InChI=1S/C21H30F4N4O/c1-27-18-10-19(29-8-2-3-13(11-22)12-29)16(9-17(18)26)20(30)28-15-6-4-14(5-7-15)21(23,24)25/h9-10,13-15,27H,2-8,11-12,26H2,1H3,(H,28,30). The van der Waals surface area contributed by atoms with Crippen LogP contribution in [0.15, 0.2) is 12.1 Å². The molecule has 1 amide bonds. The number of benzene rings is 1. The van der Waals surface area contributed by atoms with E-state index in [1.807, 2.05) is 4.90 Å². The average molecular weight is 430 g/mol. The molecule has 2 aliphatic rings. The van der Waals surface area contributed by atoms with Gasteiger partial charge in [0.2, 0.25) is 0 Å². The lowest BCUT2D eigenvalue weighted by molar-refractivity contribution is -0.182. The minimum Gasteiger partial charge on any atom is -0.397 e. The average Bonchev–Trinajstić information content (AvgIpc) is 2.73. The number of nitrogen functional groups attached to an aromatic ring is 1. The molecular weight excluding hydrogens is 400 g/mol. The van der Waals surface area contributed by atoms with Crippen molar-refractivity contribution in [3.05, 3.63) is 17.7 Å². The molecule has 9 heteroatoms. The van der Waals surface area contributed by atoms with E-state index in [1.54, 1.807) is 19.2 Å². The monoisotopic (exact) mass is 430 g/mol. The molecule has 1 atom stereocenters. The Balaban J connectivity index is 1.77. The molecule has 0 radical (unpaired) electrons. The molecular formula is C21H30F4N4O. The number of carbonyl (C=O) groups is 1. The third-order valence-electron chi connectivity index (χ3n) is 6.29. The number of hydrogen-bond donors (Lipinski definition) is 3. The maximum absolute atomic E-state index is 13.2. The van der Waals surface area contributed by atoms with E-state index in [9.17, 15) is 22.4 Å². The van der Waals surface area contributed by atoms with E-state index in [-0.39, 0.29) is 30.7 Å². The summed E-state index contributed by atoms with van der Waals surface area (Å²) in [5, 5.41) is 5.90. The Hall–Kier alpha value is -2.19. The van der Waals surface area contributed by atoms with Crippen LogP contribution in [0.2, 0.25) is 0 Å².